The minimum absolute atomic E-state index is 0.0584. The number of hydrogen-bond acceptors (Lipinski definition) is 4. The first kappa shape index (κ1) is 16.4. The lowest BCUT2D eigenvalue weighted by molar-refractivity contribution is -0.115. The van der Waals surface area contributed by atoms with Crippen LogP contribution < -0.4 is 10.6 Å². The van der Waals surface area contributed by atoms with Crippen molar-refractivity contribution in [1.29, 1.82) is 0 Å². The lowest BCUT2D eigenvalue weighted by atomic mass is 10.0. The molecule has 23 heavy (non-hydrogen) atoms. The Bertz CT molecular complexity index is 660. The van der Waals surface area contributed by atoms with Gasteiger partial charge in [0.05, 0.1) is 12.2 Å². The van der Waals surface area contributed by atoms with Crippen molar-refractivity contribution in [1.82, 2.24) is 10.3 Å². The Balaban J connectivity index is 1.51. The molecule has 6 heteroatoms. The minimum Gasteiger partial charge on any atom is -0.302 e. The van der Waals surface area contributed by atoms with Gasteiger partial charge in [0, 0.05) is 15.9 Å². The number of aromatic nitrogens is 1. The van der Waals surface area contributed by atoms with Crippen LogP contribution in [-0.2, 0) is 17.6 Å². The van der Waals surface area contributed by atoms with Crippen molar-refractivity contribution >= 4 is 34.0 Å². The molecule has 2 aromatic rings. The normalized spacial score (nSPS) is 15.0. The van der Waals surface area contributed by atoms with E-state index in [0.717, 1.165) is 23.5 Å². The molecule has 3 rings (SSSR count). The molecule has 0 spiro atoms. The predicted molar refractivity (Wildman–Crippen MR) is 95.3 cm³/mol. The maximum atomic E-state index is 12.1. The van der Waals surface area contributed by atoms with Crippen LogP contribution in [0.15, 0.2) is 24.3 Å². The number of nitrogens with one attached hydrogen (secondary N) is 2. The zero-order chi connectivity index (χ0) is 16.2. The van der Waals surface area contributed by atoms with Gasteiger partial charge in [0.25, 0.3) is 0 Å². The number of amides is 1. The molecule has 1 aliphatic rings. The van der Waals surface area contributed by atoms with E-state index in [9.17, 15) is 4.79 Å². The fraction of sp³-hybridized carbons (Fsp3) is 0.412. The molecule has 1 atom stereocenters. The molecule has 0 bridgehead atoms. The second-order valence-electron chi connectivity index (χ2n) is 5.80. The maximum absolute atomic E-state index is 12.1. The van der Waals surface area contributed by atoms with E-state index in [0.29, 0.717) is 5.02 Å². The van der Waals surface area contributed by atoms with E-state index < -0.39 is 0 Å². The number of carbonyl (C=O) groups is 1. The van der Waals surface area contributed by atoms with E-state index >= 15 is 0 Å². The van der Waals surface area contributed by atoms with Crippen LogP contribution in [0.5, 0.6) is 0 Å². The maximum Gasteiger partial charge on any atom is 0.240 e. The summed E-state index contributed by atoms with van der Waals surface area (Å²) in [6.45, 7) is 2.28. The van der Waals surface area contributed by atoms with Crippen LogP contribution in [0, 0.1) is 0 Å². The zero-order valence-corrected chi connectivity index (χ0v) is 14.6. The van der Waals surface area contributed by atoms with Gasteiger partial charge in [-0.15, -0.1) is 11.3 Å². The molecule has 0 saturated carbocycles. The van der Waals surface area contributed by atoms with Crippen LogP contribution in [0.2, 0.25) is 5.02 Å². The largest absolute Gasteiger partial charge is 0.302 e. The number of carbonyl (C=O) groups excluding carboxylic acids is 1. The molecule has 0 aliphatic heterocycles. The molecule has 2 N–H and O–H groups in total. The second-order valence-corrected chi connectivity index (χ2v) is 7.32. The summed E-state index contributed by atoms with van der Waals surface area (Å²) < 4.78 is 0. The highest BCUT2D eigenvalue weighted by atomic mass is 35.5. The molecule has 1 unspecified atom stereocenters. The minimum atomic E-state index is -0.0584. The van der Waals surface area contributed by atoms with Crippen LogP contribution in [-0.4, -0.2) is 17.4 Å². The predicted octanol–water partition coefficient (Wildman–Crippen LogP) is 3.96. The quantitative estimate of drug-likeness (QED) is 0.858. The summed E-state index contributed by atoms with van der Waals surface area (Å²) in [7, 11) is 0. The topological polar surface area (TPSA) is 54.0 Å². The third-order valence-electron chi connectivity index (χ3n) is 4.03. The van der Waals surface area contributed by atoms with Crippen molar-refractivity contribution in [2.75, 3.05) is 11.9 Å². The number of fused-ring (bicyclic) bond motifs is 1. The second kappa shape index (κ2) is 7.43. The van der Waals surface area contributed by atoms with Gasteiger partial charge in [0.15, 0.2) is 5.13 Å². The third-order valence-corrected chi connectivity index (χ3v) is 5.36. The lowest BCUT2D eigenvalue weighted by Gasteiger charge is -2.13. The highest BCUT2D eigenvalue weighted by Crippen LogP contribution is 2.29. The van der Waals surface area contributed by atoms with Gasteiger partial charge >= 0.3 is 0 Å². The number of anilines is 1. The first-order valence-electron chi connectivity index (χ1n) is 7.89. The van der Waals surface area contributed by atoms with E-state index in [-0.39, 0.29) is 18.5 Å². The average Bonchev–Trinajstić information content (AvgIpc) is 2.95. The molecule has 1 aliphatic carbocycles. The molecule has 1 aromatic carbocycles. The smallest absolute Gasteiger partial charge is 0.240 e. The van der Waals surface area contributed by atoms with E-state index in [4.69, 9.17) is 11.6 Å². The molecule has 1 heterocycles. The van der Waals surface area contributed by atoms with Gasteiger partial charge in [0.2, 0.25) is 5.91 Å². The summed E-state index contributed by atoms with van der Waals surface area (Å²) in [5.74, 6) is -0.0584. The summed E-state index contributed by atoms with van der Waals surface area (Å²) in [4.78, 5) is 17.9. The first-order valence-corrected chi connectivity index (χ1v) is 9.08. The highest BCUT2D eigenvalue weighted by molar-refractivity contribution is 7.15. The number of aryl methyl sites for hydroxylation is 2. The molecule has 1 aromatic heterocycles. The molecule has 0 radical (unpaired) electrons. The van der Waals surface area contributed by atoms with Crippen LogP contribution in [0.25, 0.3) is 0 Å². The SMILES string of the molecule is CC(NCC(=O)Nc1nc2c(s1)CCCC2)c1ccc(Cl)cc1. The van der Waals surface area contributed by atoms with E-state index in [2.05, 4.69) is 15.6 Å². The fourth-order valence-corrected chi connectivity index (χ4v) is 3.88. The van der Waals surface area contributed by atoms with E-state index in [1.165, 1.54) is 23.4 Å². The Morgan fingerprint density at radius 3 is 2.78 bits per heavy atom. The van der Waals surface area contributed by atoms with Gasteiger partial charge in [-0.3, -0.25) is 4.79 Å². The van der Waals surface area contributed by atoms with Crippen molar-refractivity contribution in [2.24, 2.45) is 0 Å². The summed E-state index contributed by atoms with van der Waals surface area (Å²) in [6, 6.07) is 7.73. The van der Waals surface area contributed by atoms with Gasteiger partial charge < -0.3 is 10.6 Å². The van der Waals surface area contributed by atoms with E-state index in [1.807, 2.05) is 31.2 Å². The molecule has 1 amide bonds. The van der Waals surface area contributed by atoms with Crippen molar-refractivity contribution in [3.8, 4) is 0 Å². The van der Waals surface area contributed by atoms with Crippen LogP contribution in [0.3, 0.4) is 0 Å². The summed E-state index contributed by atoms with van der Waals surface area (Å²) in [6.07, 6.45) is 4.55. The lowest BCUT2D eigenvalue weighted by Crippen LogP contribution is -2.30. The number of benzene rings is 1. The monoisotopic (exact) mass is 349 g/mol. The Labute approximate surface area is 145 Å². The number of halogens is 1. The fourth-order valence-electron chi connectivity index (χ4n) is 2.68. The molecular weight excluding hydrogens is 330 g/mol. The zero-order valence-electron chi connectivity index (χ0n) is 13.1. The summed E-state index contributed by atoms with van der Waals surface area (Å²) in [5, 5.41) is 7.56. The number of hydrogen-bond donors (Lipinski definition) is 2. The van der Waals surface area contributed by atoms with Gasteiger partial charge in [-0.05, 0) is 50.3 Å². The average molecular weight is 350 g/mol. The van der Waals surface area contributed by atoms with Crippen LogP contribution >= 0.6 is 22.9 Å². The van der Waals surface area contributed by atoms with Crippen LogP contribution in [0.1, 0.15) is 41.9 Å². The Morgan fingerprint density at radius 1 is 1.30 bits per heavy atom. The van der Waals surface area contributed by atoms with E-state index in [1.54, 1.807) is 11.3 Å². The number of nitrogens with zero attached hydrogens (tertiary/aromatic N) is 1. The van der Waals surface area contributed by atoms with Gasteiger partial charge in [0.1, 0.15) is 0 Å². The number of rotatable bonds is 5. The Hall–Kier alpha value is -1.43. The molecule has 0 fully saturated rings. The van der Waals surface area contributed by atoms with Crippen molar-refractivity contribution < 1.29 is 4.79 Å². The molecule has 122 valence electrons. The highest BCUT2D eigenvalue weighted by Gasteiger charge is 2.16. The van der Waals surface area contributed by atoms with Crippen LogP contribution in [0.4, 0.5) is 5.13 Å². The summed E-state index contributed by atoms with van der Waals surface area (Å²) in [5.41, 5.74) is 2.27. The number of thiazole rings is 1. The standard InChI is InChI=1S/C17H20ClN3OS/c1-11(12-6-8-13(18)9-7-12)19-10-16(22)21-17-20-14-4-2-3-5-15(14)23-17/h6-9,11,19H,2-5,10H2,1H3,(H,20,21,22). The molecular formula is C17H20ClN3OS. The van der Waals surface area contributed by atoms with Crippen molar-refractivity contribution in [2.45, 2.75) is 38.6 Å². The molecule has 4 nitrogen and oxygen atoms in total. The van der Waals surface area contributed by atoms with Crippen molar-refractivity contribution in [3.05, 3.63) is 45.4 Å². The van der Waals surface area contributed by atoms with Gasteiger partial charge in [-0.25, -0.2) is 4.98 Å². The first-order chi connectivity index (χ1) is 11.1. The molecule has 0 saturated heterocycles. The van der Waals surface area contributed by atoms with Gasteiger partial charge in [-0.2, -0.15) is 0 Å². The Morgan fingerprint density at radius 2 is 2.04 bits per heavy atom. The third kappa shape index (κ3) is 4.31. The van der Waals surface area contributed by atoms with Gasteiger partial charge in [-0.1, -0.05) is 23.7 Å². The Kier molecular flexibility index (Phi) is 5.30. The van der Waals surface area contributed by atoms with Crippen molar-refractivity contribution in [3.63, 3.8) is 0 Å². The summed E-state index contributed by atoms with van der Waals surface area (Å²) >= 11 is 7.50.